The van der Waals surface area contributed by atoms with Crippen molar-refractivity contribution in [3.8, 4) is 11.4 Å². The minimum Gasteiger partial charge on any atom is -0.392 e. The minimum atomic E-state index is -5.10. The van der Waals surface area contributed by atoms with Gasteiger partial charge in [0.15, 0.2) is 11.5 Å². The summed E-state index contributed by atoms with van der Waals surface area (Å²) in [6.45, 7) is 3.24. The number of alkyl halides is 3. The van der Waals surface area contributed by atoms with Gasteiger partial charge in [0.2, 0.25) is 0 Å². The Bertz CT molecular complexity index is 999. The zero-order chi connectivity index (χ0) is 19.8. The molecule has 0 fully saturated rings. The first-order chi connectivity index (χ1) is 12.0. The summed E-state index contributed by atoms with van der Waals surface area (Å²) < 4.78 is 39.6. The Morgan fingerprint density at radius 3 is 2.31 bits per heavy atom. The van der Waals surface area contributed by atoms with Crippen molar-refractivity contribution in [1.29, 1.82) is 0 Å². The zero-order valence-electron chi connectivity index (χ0n) is 12.6. The molecule has 26 heavy (non-hydrogen) atoms. The third-order valence-corrected chi connectivity index (χ3v) is 3.23. The second-order valence-corrected chi connectivity index (χ2v) is 4.77. The minimum absolute atomic E-state index is 0.485. The molecule has 0 saturated carbocycles. The van der Waals surface area contributed by atoms with E-state index in [2.05, 4.69) is 11.6 Å². The van der Waals surface area contributed by atoms with Gasteiger partial charge in [0.05, 0.1) is 21.5 Å². The van der Waals surface area contributed by atoms with Gasteiger partial charge in [0.25, 0.3) is 16.9 Å². The van der Waals surface area contributed by atoms with E-state index >= 15 is 0 Å². The summed E-state index contributed by atoms with van der Waals surface area (Å²) in [7, 11) is 0. The van der Waals surface area contributed by atoms with Crippen LogP contribution in [-0.4, -0.2) is 19.4 Å². The van der Waals surface area contributed by atoms with Crippen molar-refractivity contribution in [3.05, 3.63) is 61.1 Å². The van der Waals surface area contributed by atoms with Crippen LogP contribution >= 0.6 is 0 Å². The molecule has 0 atom stereocenters. The Labute approximate surface area is 141 Å². The first-order valence-electron chi connectivity index (χ1n) is 6.54. The summed E-state index contributed by atoms with van der Waals surface area (Å²) in [5.74, 6) is -0.784. The molecule has 2 aromatic rings. The topological polar surface area (TPSA) is 147 Å². The van der Waals surface area contributed by atoms with Crippen LogP contribution in [0.2, 0.25) is 0 Å². The fraction of sp³-hybridized carbons (Fsp3) is 0.0769. The molecule has 1 aromatic heterocycles. The maximum absolute atomic E-state index is 13.0. The van der Waals surface area contributed by atoms with Crippen molar-refractivity contribution in [2.45, 2.75) is 6.18 Å². The number of rotatable bonds is 4. The monoisotopic (exact) mass is 371 g/mol. The Kier molecular flexibility index (Phi) is 4.48. The standard InChI is InChI=1S/C13H8F3N5O5/c1-2-19-11(18-10(13(14,15)16)9(17)12(19)22)7-4-3-6(20(23)24)5-8(7)21(25)26/h2-5H,1,17H2. The molecule has 0 bridgehead atoms. The normalized spacial score (nSPS) is 11.2. The summed E-state index contributed by atoms with van der Waals surface area (Å²) in [5.41, 5.74) is -1.26. The number of nitrogens with two attached hydrogens (primary N) is 1. The maximum atomic E-state index is 13.0. The van der Waals surface area contributed by atoms with E-state index in [1.54, 1.807) is 0 Å². The molecule has 136 valence electrons. The number of hydrogen-bond donors (Lipinski definition) is 1. The average Bonchev–Trinajstić information content (AvgIpc) is 2.55. The van der Waals surface area contributed by atoms with Crippen molar-refractivity contribution >= 4 is 23.3 Å². The van der Waals surface area contributed by atoms with Crippen molar-refractivity contribution in [1.82, 2.24) is 9.55 Å². The van der Waals surface area contributed by atoms with Crippen molar-refractivity contribution in [2.24, 2.45) is 0 Å². The van der Waals surface area contributed by atoms with Crippen LogP contribution in [0.1, 0.15) is 5.69 Å². The molecule has 1 aromatic carbocycles. The molecule has 0 radical (unpaired) electrons. The van der Waals surface area contributed by atoms with Gasteiger partial charge in [-0.1, -0.05) is 6.58 Å². The van der Waals surface area contributed by atoms with Gasteiger partial charge >= 0.3 is 6.18 Å². The van der Waals surface area contributed by atoms with Crippen LogP contribution in [-0.2, 0) is 6.18 Å². The highest BCUT2D eigenvalue weighted by Gasteiger charge is 2.38. The van der Waals surface area contributed by atoms with Gasteiger partial charge < -0.3 is 5.73 Å². The van der Waals surface area contributed by atoms with Crippen LogP contribution in [0.25, 0.3) is 17.6 Å². The number of hydrogen-bond acceptors (Lipinski definition) is 7. The van der Waals surface area contributed by atoms with Crippen LogP contribution in [0.4, 0.5) is 30.2 Å². The number of nitro groups is 2. The van der Waals surface area contributed by atoms with Crippen molar-refractivity contribution < 1.29 is 23.0 Å². The van der Waals surface area contributed by atoms with Crippen LogP contribution in [0.3, 0.4) is 0 Å². The Morgan fingerprint density at radius 2 is 1.85 bits per heavy atom. The molecule has 0 unspecified atom stereocenters. The van der Waals surface area contributed by atoms with E-state index in [9.17, 15) is 38.2 Å². The maximum Gasteiger partial charge on any atom is 0.435 e. The molecule has 0 spiro atoms. The Morgan fingerprint density at radius 1 is 1.23 bits per heavy atom. The lowest BCUT2D eigenvalue weighted by atomic mass is 10.1. The van der Waals surface area contributed by atoms with E-state index in [-0.39, 0.29) is 0 Å². The molecule has 0 aliphatic rings. The van der Waals surface area contributed by atoms with Gasteiger partial charge in [-0.15, -0.1) is 0 Å². The predicted molar refractivity (Wildman–Crippen MR) is 83.0 cm³/mol. The SMILES string of the molecule is C=Cn1c(-c2ccc([N+](=O)[O-])cc2[N+](=O)[O-])nc(C(F)(F)F)c(N)c1=O. The molecule has 13 heteroatoms. The molecular formula is C13H8F3N5O5. The molecule has 0 aliphatic carbocycles. The fourth-order valence-corrected chi connectivity index (χ4v) is 2.10. The largest absolute Gasteiger partial charge is 0.435 e. The van der Waals surface area contributed by atoms with Gasteiger partial charge in [-0.2, -0.15) is 13.2 Å². The van der Waals surface area contributed by atoms with Crippen molar-refractivity contribution in [2.75, 3.05) is 5.73 Å². The highest BCUT2D eigenvalue weighted by Crippen LogP contribution is 2.35. The van der Waals surface area contributed by atoms with E-state index < -0.39 is 55.7 Å². The van der Waals surface area contributed by atoms with Crippen LogP contribution in [0.5, 0.6) is 0 Å². The van der Waals surface area contributed by atoms with Gasteiger partial charge in [0.1, 0.15) is 5.69 Å². The van der Waals surface area contributed by atoms with Crippen LogP contribution in [0.15, 0.2) is 29.6 Å². The number of nitrogens with zero attached hydrogens (tertiary/aromatic N) is 4. The molecule has 0 aliphatic heterocycles. The molecule has 1 heterocycles. The van der Waals surface area contributed by atoms with E-state index in [1.807, 2.05) is 0 Å². The zero-order valence-corrected chi connectivity index (χ0v) is 12.6. The molecule has 0 amide bonds. The fourth-order valence-electron chi connectivity index (χ4n) is 2.10. The third-order valence-electron chi connectivity index (χ3n) is 3.23. The Hall–Kier alpha value is -3.77. The van der Waals surface area contributed by atoms with Gasteiger partial charge in [-0.25, -0.2) is 4.98 Å². The van der Waals surface area contributed by atoms with Crippen molar-refractivity contribution in [3.63, 3.8) is 0 Å². The highest BCUT2D eigenvalue weighted by atomic mass is 19.4. The second-order valence-electron chi connectivity index (χ2n) is 4.77. The van der Waals surface area contributed by atoms with E-state index in [0.717, 1.165) is 18.3 Å². The Balaban J connectivity index is 2.94. The van der Waals surface area contributed by atoms with Crippen LogP contribution in [0, 0.1) is 20.2 Å². The van der Waals surface area contributed by atoms with Crippen LogP contribution < -0.4 is 11.3 Å². The number of nitrogen functional groups attached to an aromatic ring is 1. The molecule has 2 rings (SSSR count). The lowest BCUT2D eigenvalue weighted by Crippen LogP contribution is -2.27. The lowest BCUT2D eigenvalue weighted by molar-refractivity contribution is -0.393. The molecule has 10 nitrogen and oxygen atoms in total. The highest BCUT2D eigenvalue weighted by molar-refractivity contribution is 5.73. The lowest BCUT2D eigenvalue weighted by Gasteiger charge is -2.14. The number of anilines is 1. The quantitative estimate of drug-likeness (QED) is 0.641. The second kappa shape index (κ2) is 6.27. The number of halogens is 3. The van der Waals surface area contributed by atoms with Gasteiger partial charge in [-0.3, -0.25) is 29.6 Å². The summed E-state index contributed by atoms with van der Waals surface area (Å²) >= 11 is 0. The number of non-ortho nitro benzene ring substituents is 1. The predicted octanol–water partition coefficient (Wildman–Crippen LogP) is 2.43. The van der Waals surface area contributed by atoms with Gasteiger partial charge in [0, 0.05) is 12.3 Å². The molecule has 0 saturated heterocycles. The first-order valence-corrected chi connectivity index (χ1v) is 6.54. The summed E-state index contributed by atoms with van der Waals surface area (Å²) in [6.07, 6.45) is -4.33. The summed E-state index contributed by atoms with van der Waals surface area (Å²) in [4.78, 5) is 35.3. The number of nitro benzene ring substituents is 2. The number of benzene rings is 1. The summed E-state index contributed by atoms with van der Waals surface area (Å²) in [6, 6.07) is 2.18. The van der Waals surface area contributed by atoms with E-state index in [1.165, 1.54) is 0 Å². The molecular weight excluding hydrogens is 363 g/mol. The van der Waals surface area contributed by atoms with E-state index in [0.29, 0.717) is 10.6 Å². The third kappa shape index (κ3) is 3.09. The van der Waals surface area contributed by atoms with E-state index in [4.69, 9.17) is 5.73 Å². The first kappa shape index (κ1) is 18.6. The smallest absolute Gasteiger partial charge is 0.392 e. The summed E-state index contributed by atoms with van der Waals surface area (Å²) in [5, 5.41) is 22.0. The molecule has 2 N–H and O–H groups in total. The average molecular weight is 371 g/mol. The van der Waals surface area contributed by atoms with Gasteiger partial charge in [-0.05, 0) is 6.07 Å². The number of aromatic nitrogens is 2.